The van der Waals surface area contributed by atoms with E-state index < -0.39 is 11.9 Å². The normalized spacial score (nSPS) is 32.7. The molecule has 3 rings (SSSR count). The fraction of sp³-hybridized carbons (Fsp3) is 0.750. The van der Waals surface area contributed by atoms with Gasteiger partial charge in [-0.2, -0.15) is 0 Å². The molecule has 0 saturated heterocycles. The third kappa shape index (κ3) is 2.61. The lowest BCUT2D eigenvalue weighted by molar-refractivity contribution is -0.139. The van der Waals surface area contributed by atoms with Crippen LogP contribution in [-0.4, -0.2) is 23.2 Å². The molecule has 1 N–H and O–H groups in total. The Bertz CT molecular complexity index is 542. The molecule has 0 amide bonds. The molecule has 4 nitrogen and oxygen atoms in total. The van der Waals surface area contributed by atoms with Crippen LogP contribution in [0.1, 0.15) is 66.9 Å². The number of ether oxygens (including phenoxy) is 1. The second-order valence-corrected chi connectivity index (χ2v) is 7.59. The molecule has 3 unspecified atom stereocenters. The quantitative estimate of drug-likeness (QED) is 0.925. The second-order valence-electron chi connectivity index (χ2n) is 6.51. The van der Waals surface area contributed by atoms with Crippen molar-refractivity contribution >= 4 is 17.3 Å². The van der Waals surface area contributed by atoms with Crippen molar-refractivity contribution < 1.29 is 14.6 Å². The van der Waals surface area contributed by atoms with Gasteiger partial charge in [0.15, 0.2) is 0 Å². The zero-order valence-electron chi connectivity index (χ0n) is 12.7. The SMILES string of the molecule is COC1(c2nc3c(s2)CCCC3C(=O)O)CCCC(C)C1. The summed E-state index contributed by atoms with van der Waals surface area (Å²) in [6.45, 7) is 2.26. The lowest BCUT2D eigenvalue weighted by Crippen LogP contribution is -2.34. The van der Waals surface area contributed by atoms with Crippen LogP contribution >= 0.6 is 11.3 Å². The van der Waals surface area contributed by atoms with E-state index in [1.165, 1.54) is 11.3 Å². The smallest absolute Gasteiger partial charge is 0.312 e. The summed E-state index contributed by atoms with van der Waals surface area (Å²) in [6.07, 6.45) is 7.01. The minimum atomic E-state index is -0.740. The Balaban J connectivity index is 1.97. The molecule has 3 atom stereocenters. The predicted octanol–water partition coefficient (Wildman–Crippen LogP) is 3.70. The highest BCUT2D eigenvalue weighted by Gasteiger charge is 2.41. The van der Waals surface area contributed by atoms with E-state index in [1.54, 1.807) is 18.4 Å². The third-order valence-electron chi connectivity index (χ3n) is 4.99. The van der Waals surface area contributed by atoms with E-state index in [2.05, 4.69) is 6.92 Å². The number of aliphatic carboxylic acids is 1. The van der Waals surface area contributed by atoms with Crippen molar-refractivity contribution in [3.8, 4) is 0 Å². The standard InChI is InChI=1S/C16H23NO3S/c1-10-5-4-8-16(9-10,20-2)15-17-13-11(14(18)19)6-3-7-12(13)21-15/h10-11H,3-9H2,1-2H3,(H,18,19). The highest BCUT2D eigenvalue weighted by atomic mass is 32.1. The molecule has 2 aliphatic carbocycles. The molecule has 0 spiro atoms. The maximum Gasteiger partial charge on any atom is 0.312 e. The van der Waals surface area contributed by atoms with Gasteiger partial charge in [-0.1, -0.05) is 13.3 Å². The molecule has 0 aromatic carbocycles. The number of fused-ring (bicyclic) bond motifs is 1. The van der Waals surface area contributed by atoms with E-state index in [4.69, 9.17) is 9.72 Å². The van der Waals surface area contributed by atoms with Crippen LogP contribution in [-0.2, 0) is 21.6 Å². The molecule has 1 saturated carbocycles. The second kappa shape index (κ2) is 5.69. The molecular weight excluding hydrogens is 286 g/mol. The molecule has 5 heteroatoms. The number of nitrogens with zero attached hydrogens (tertiary/aromatic N) is 1. The van der Waals surface area contributed by atoms with Crippen molar-refractivity contribution in [1.82, 2.24) is 4.98 Å². The number of carboxylic acid groups (broad SMARTS) is 1. The molecular formula is C16H23NO3S. The molecule has 0 radical (unpaired) electrons. The average Bonchev–Trinajstić information content (AvgIpc) is 2.91. The fourth-order valence-electron chi connectivity index (χ4n) is 3.82. The van der Waals surface area contributed by atoms with Crippen LogP contribution in [0.25, 0.3) is 0 Å². The van der Waals surface area contributed by atoms with Crippen LogP contribution in [0.5, 0.6) is 0 Å². The van der Waals surface area contributed by atoms with Crippen molar-refractivity contribution in [2.24, 2.45) is 5.92 Å². The summed E-state index contributed by atoms with van der Waals surface area (Å²) in [5.41, 5.74) is 0.520. The first-order chi connectivity index (χ1) is 10.1. The largest absolute Gasteiger partial charge is 0.481 e. The Hall–Kier alpha value is -0.940. The van der Waals surface area contributed by atoms with Gasteiger partial charge in [-0.25, -0.2) is 4.98 Å². The van der Waals surface area contributed by atoms with Crippen molar-refractivity contribution in [2.45, 2.75) is 63.4 Å². The van der Waals surface area contributed by atoms with Gasteiger partial charge in [0.1, 0.15) is 10.6 Å². The predicted molar refractivity (Wildman–Crippen MR) is 81.7 cm³/mol. The summed E-state index contributed by atoms with van der Waals surface area (Å²) in [7, 11) is 1.77. The summed E-state index contributed by atoms with van der Waals surface area (Å²) in [6, 6.07) is 0. The number of methoxy groups -OCH3 is 1. The maximum atomic E-state index is 11.4. The lowest BCUT2D eigenvalue weighted by Gasteiger charge is -2.37. The number of carboxylic acids is 1. The Morgan fingerprint density at radius 2 is 2.24 bits per heavy atom. The van der Waals surface area contributed by atoms with E-state index in [9.17, 15) is 9.90 Å². The van der Waals surface area contributed by atoms with E-state index in [1.807, 2.05) is 0 Å². The van der Waals surface area contributed by atoms with Crippen LogP contribution in [0, 0.1) is 5.92 Å². The minimum absolute atomic E-state index is 0.289. The Kier molecular flexibility index (Phi) is 4.06. The number of rotatable bonds is 3. The maximum absolute atomic E-state index is 11.4. The van der Waals surface area contributed by atoms with Crippen LogP contribution in [0.15, 0.2) is 0 Å². The van der Waals surface area contributed by atoms with Gasteiger partial charge in [-0.05, 0) is 44.4 Å². The molecule has 116 valence electrons. The van der Waals surface area contributed by atoms with Crippen LogP contribution in [0.2, 0.25) is 0 Å². The highest BCUT2D eigenvalue weighted by Crippen LogP contribution is 2.46. The van der Waals surface area contributed by atoms with Gasteiger partial charge in [0.2, 0.25) is 0 Å². The molecule has 1 heterocycles. The summed E-state index contributed by atoms with van der Waals surface area (Å²) in [5, 5.41) is 10.4. The number of aryl methyl sites for hydroxylation is 1. The lowest BCUT2D eigenvalue weighted by atomic mass is 9.79. The van der Waals surface area contributed by atoms with Gasteiger partial charge in [-0.3, -0.25) is 4.79 Å². The molecule has 21 heavy (non-hydrogen) atoms. The number of hydrogen-bond donors (Lipinski definition) is 1. The topological polar surface area (TPSA) is 59.4 Å². The van der Waals surface area contributed by atoms with Crippen molar-refractivity contribution in [3.05, 3.63) is 15.6 Å². The summed E-state index contributed by atoms with van der Waals surface area (Å²) < 4.78 is 5.91. The number of thiazole rings is 1. The zero-order chi connectivity index (χ0) is 15.0. The molecule has 1 aromatic rings. The van der Waals surface area contributed by atoms with Crippen molar-refractivity contribution in [3.63, 3.8) is 0 Å². The van der Waals surface area contributed by atoms with Gasteiger partial charge in [-0.15, -0.1) is 11.3 Å². The number of carbonyl (C=O) groups is 1. The average molecular weight is 309 g/mol. The van der Waals surface area contributed by atoms with E-state index in [0.29, 0.717) is 12.3 Å². The van der Waals surface area contributed by atoms with E-state index >= 15 is 0 Å². The zero-order valence-corrected chi connectivity index (χ0v) is 13.5. The Labute approximate surface area is 129 Å². The van der Waals surface area contributed by atoms with Gasteiger partial charge in [0.05, 0.1) is 11.6 Å². The fourth-order valence-corrected chi connectivity index (χ4v) is 5.19. The van der Waals surface area contributed by atoms with Crippen LogP contribution < -0.4 is 0 Å². The third-order valence-corrected chi connectivity index (χ3v) is 6.30. The molecule has 2 aliphatic rings. The first-order valence-electron chi connectivity index (χ1n) is 7.84. The van der Waals surface area contributed by atoms with E-state index in [0.717, 1.165) is 42.8 Å². The first-order valence-corrected chi connectivity index (χ1v) is 8.65. The van der Waals surface area contributed by atoms with E-state index in [-0.39, 0.29) is 5.60 Å². The molecule has 0 bridgehead atoms. The minimum Gasteiger partial charge on any atom is -0.481 e. The van der Waals surface area contributed by atoms with Crippen LogP contribution in [0.3, 0.4) is 0 Å². The Morgan fingerprint density at radius 1 is 1.43 bits per heavy atom. The van der Waals surface area contributed by atoms with Gasteiger partial charge in [0.25, 0.3) is 0 Å². The molecule has 0 aliphatic heterocycles. The highest BCUT2D eigenvalue weighted by molar-refractivity contribution is 7.11. The molecule has 1 aromatic heterocycles. The first kappa shape index (κ1) is 15.0. The van der Waals surface area contributed by atoms with Gasteiger partial charge < -0.3 is 9.84 Å². The number of hydrogen-bond acceptors (Lipinski definition) is 4. The molecule has 1 fully saturated rings. The van der Waals surface area contributed by atoms with Crippen molar-refractivity contribution in [2.75, 3.05) is 7.11 Å². The summed E-state index contributed by atoms with van der Waals surface area (Å²) in [5.74, 6) is -0.528. The summed E-state index contributed by atoms with van der Waals surface area (Å²) >= 11 is 1.69. The van der Waals surface area contributed by atoms with Crippen molar-refractivity contribution in [1.29, 1.82) is 0 Å². The van der Waals surface area contributed by atoms with Gasteiger partial charge in [0, 0.05) is 12.0 Å². The Morgan fingerprint density at radius 3 is 2.90 bits per heavy atom. The monoisotopic (exact) mass is 309 g/mol. The summed E-state index contributed by atoms with van der Waals surface area (Å²) in [4.78, 5) is 17.4. The number of aromatic nitrogens is 1. The van der Waals surface area contributed by atoms with Crippen LogP contribution in [0.4, 0.5) is 0 Å². The van der Waals surface area contributed by atoms with Gasteiger partial charge >= 0.3 is 5.97 Å².